The fraction of sp³-hybridized carbons (Fsp3) is 0.706. The van der Waals surface area contributed by atoms with Gasteiger partial charge in [-0.05, 0) is 6.92 Å². The summed E-state index contributed by atoms with van der Waals surface area (Å²) in [6.07, 6.45) is 3.59. The molecule has 0 radical (unpaired) electrons. The van der Waals surface area contributed by atoms with Gasteiger partial charge in [-0.2, -0.15) is 5.10 Å². The zero-order chi connectivity index (χ0) is 18.5. The van der Waals surface area contributed by atoms with Gasteiger partial charge in [0.25, 0.3) is 0 Å². The van der Waals surface area contributed by atoms with Crippen molar-refractivity contribution in [2.45, 2.75) is 13.0 Å². The fourth-order valence-electron chi connectivity index (χ4n) is 3.41. The summed E-state index contributed by atoms with van der Waals surface area (Å²) in [5, 5.41) is 7.54. The normalized spacial score (nSPS) is 22.8. The number of nitrogens with one attached hydrogen (secondary N) is 1. The highest BCUT2D eigenvalue weighted by Gasteiger charge is 2.27. The number of guanidine groups is 1. The van der Waals surface area contributed by atoms with E-state index in [4.69, 9.17) is 4.74 Å². The van der Waals surface area contributed by atoms with Gasteiger partial charge < -0.3 is 19.9 Å². The van der Waals surface area contributed by atoms with E-state index >= 15 is 0 Å². The van der Waals surface area contributed by atoms with Crippen LogP contribution in [0.4, 0.5) is 5.69 Å². The number of aliphatic imine (C=N–C) groups is 1. The smallest absolute Gasteiger partial charge is 0.246 e. The molecule has 3 heterocycles. The van der Waals surface area contributed by atoms with Crippen LogP contribution in [0.5, 0.6) is 0 Å². The van der Waals surface area contributed by atoms with Gasteiger partial charge in [0.1, 0.15) is 6.54 Å². The molecule has 0 spiro atoms. The second-order valence-corrected chi connectivity index (χ2v) is 6.77. The number of aromatic nitrogens is 2. The van der Waals surface area contributed by atoms with Gasteiger partial charge in [0.2, 0.25) is 5.91 Å². The standard InChI is InChI=1S/C17H29N7O2/c1-14-13-26-9-8-22(14)5-4-19-17(18-2)23-6-7-24(16(25)12-23)15-10-20-21(3)11-15/h10-11,14H,4-9,12-13H2,1-3H3,(H,18,19). The molecule has 1 amide bonds. The third-order valence-corrected chi connectivity index (χ3v) is 4.92. The minimum atomic E-state index is 0.0639. The van der Waals surface area contributed by atoms with Gasteiger partial charge in [-0.25, -0.2) is 0 Å². The average Bonchev–Trinajstić information content (AvgIpc) is 3.06. The predicted molar refractivity (Wildman–Crippen MR) is 100 cm³/mol. The Hall–Kier alpha value is -2.13. The first-order valence-corrected chi connectivity index (χ1v) is 9.15. The molecule has 1 aromatic heterocycles. The van der Waals surface area contributed by atoms with Crippen LogP contribution in [-0.2, 0) is 16.6 Å². The molecule has 144 valence electrons. The van der Waals surface area contributed by atoms with E-state index in [0.717, 1.165) is 51.0 Å². The van der Waals surface area contributed by atoms with Crippen molar-refractivity contribution in [3.63, 3.8) is 0 Å². The van der Waals surface area contributed by atoms with E-state index in [1.54, 1.807) is 22.8 Å². The molecule has 1 unspecified atom stereocenters. The Kier molecular flexibility index (Phi) is 6.10. The molecule has 3 rings (SSSR count). The molecule has 1 atom stereocenters. The number of amides is 1. The summed E-state index contributed by atoms with van der Waals surface area (Å²) >= 11 is 0. The largest absolute Gasteiger partial charge is 0.379 e. The van der Waals surface area contributed by atoms with Crippen molar-refractivity contribution in [3.8, 4) is 0 Å². The van der Waals surface area contributed by atoms with Gasteiger partial charge in [0.15, 0.2) is 5.96 Å². The predicted octanol–water partition coefficient (Wildman–Crippen LogP) is -0.635. The Balaban J connectivity index is 1.49. The molecular weight excluding hydrogens is 334 g/mol. The number of rotatable bonds is 4. The molecule has 0 bridgehead atoms. The maximum atomic E-state index is 12.5. The highest BCUT2D eigenvalue weighted by atomic mass is 16.5. The van der Waals surface area contributed by atoms with E-state index in [-0.39, 0.29) is 5.91 Å². The lowest BCUT2D eigenvalue weighted by atomic mass is 10.2. The van der Waals surface area contributed by atoms with Crippen molar-refractivity contribution in [1.82, 2.24) is 24.9 Å². The Morgan fingerprint density at radius 2 is 2.27 bits per heavy atom. The molecule has 2 aliphatic heterocycles. The number of hydrogen-bond acceptors (Lipinski definition) is 5. The summed E-state index contributed by atoms with van der Waals surface area (Å²) in [5.74, 6) is 0.846. The number of ether oxygens (including phenoxy) is 1. The Morgan fingerprint density at radius 3 is 2.92 bits per heavy atom. The second-order valence-electron chi connectivity index (χ2n) is 6.77. The molecule has 1 N–H and O–H groups in total. The summed E-state index contributed by atoms with van der Waals surface area (Å²) in [5.41, 5.74) is 0.849. The highest BCUT2D eigenvalue weighted by molar-refractivity contribution is 5.98. The third-order valence-electron chi connectivity index (χ3n) is 4.92. The number of piperazine rings is 1. The van der Waals surface area contributed by atoms with Crippen molar-refractivity contribution in [2.75, 3.05) is 64.4 Å². The van der Waals surface area contributed by atoms with Crippen LogP contribution >= 0.6 is 0 Å². The molecule has 2 fully saturated rings. The van der Waals surface area contributed by atoms with Crippen molar-refractivity contribution in [3.05, 3.63) is 12.4 Å². The van der Waals surface area contributed by atoms with Gasteiger partial charge >= 0.3 is 0 Å². The zero-order valence-corrected chi connectivity index (χ0v) is 15.9. The highest BCUT2D eigenvalue weighted by Crippen LogP contribution is 2.16. The first-order valence-electron chi connectivity index (χ1n) is 9.15. The topological polar surface area (TPSA) is 78.2 Å². The van der Waals surface area contributed by atoms with Gasteiger partial charge in [-0.3, -0.25) is 19.4 Å². The SMILES string of the molecule is CN=C(NCCN1CCOCC1C)N1CCN(c2cnn(C)c2)C(=O)C1. The van der Waals surface area contributed by atoms with E-state index in [9.17, 15) is 4.79 Å². The van der Waals surface area contributed by atoms with Crippen LogP contribution in [0.15, 0.2) is 17.4 Å². The molecule has 2 aliphatic rings. The van der Waals surface area contributed by atoms with Crippen molar-refractivity contribution in [1.29, 1.82) is 0 Å². The van der Waals surface area contributed by atoms with E-state index in [1.165, 1.54) is 0 Å². The number of hydrogen-bond donors (Lipinski definition) is 1. The van der Waals surface area contributed by atoms with E-state index in [1.807, 2.05) is 18.1 Å². The van der Waals surface area contributed by atoms with Crippen LogP contribution in [0.1, 0.15) is 6.92 Å². The average molecular weight is 363 g/mol. The molecule has 0 aliphatic carbocycles. The monoisotopic (exact) mass is 363 g/mol. The molecule has 9 nitrogen and oxygen atoms in total. The summed E-state index contributed by atoms with van der Waals surface area (Å²) in [7, 11) is 3.61. The maximum Gasteiger partial charge on any atom is 0.246 e. The van der Waals surface area contributed by atoms with Gasteiger partial charge in [0, 0.05) is 59.1 Å². The van der Waals surface area contributed by atoms with Crippen LogP contribution in [0, 0.1) is 0 Å². The number of aryl methyl sites for hydroxylation is 1. The molecule has 0 aromatic carbocycles. The number of morpholine rings is 1. The van der Waals surface area contributed by atoms with Gasteiger partial charge in [-0.15, -0.1) is 0 Å². The molecule has 0 saturated carbocycles. The number of anilines is 1. The minimum Gasteiger partial charge on any atom is -0.379 e. The Labute approximate surface area is 154 Å². The Morgan fingerprint density at radius 1 is 1.42 bits per heavy atom. The van der Waals surface area contributed by atoms with Gasteiger partial charge in [0.05, 0.1) is 25.1 Å². The molecule has 2 saturated heterocycles. The first kappa shape index (κ1) is 18.7. The fourth-order valence-corrected chi connectivity index (χ4v) is 3.41. The van der Waals surface area contributed by atoms with E-state index in [0.29, 0.717) is 19.1 Å². The third kappa shape index (κ3) is 4.34. The molecule has 26 heavy (non-hydrogen) atoms. The number of carbonyl (C=O) groups is 1. The summed E-state index contributed by atoms with van der Waals surface area (Å²) in [6, 6.07) is 0.442. The van der Waals surface area contributed by atoms with Crippen LogP contribution in [0.25, 0.3) is 0 Å². The quantitative estimate of drug-likeness (QED) is 0.567. The minimum absolute atomic E-state index is 0.0639. The summed E-state index contributed by atoms with van der Waals surface area (Å²) in [6.45, 7) is 8.17. The molecule has 1 aromatic rings. The lowest BCUT2D eigenvalue weighted by molar-refractivity contribution is -0.120. The number of nitrogens with zero attached hydrogens (tertiary/aromatic N) is 6. The van der Waals surface area contributed by atoms with Crippen molar-refractivity contribution < 1.29 is 9.53 Å². The van der Waals surface area contributed by atoms with Crippen LogP contribution in [0.2, 0.25) is 0 Å². The van der Waals surface area contributed by atoms with Crippen molar-refractivity contribution >= 4 is 17.6 Å². The lowest BCUT2D eigenvalue weighted by Gasteiger charge is -2.36. The van der Waals surface area contributed by atoms with Crippen LogP contribution < -0.4 is 10.2 Å². The Bertz CT molecular complexity index is 645. The molecule has 9 heteroatoms. The summed E-state index contributed by atoms with van der Waals surface area (Å²) < 4.78 is 7.18. The first-order chi connectivity index (χ1) is 12.6. The summed E-state index contributed by atoms with van der Waals surface area (Å²) in [4.78, 5) is 23.1. The second kappa shape index (κ2) is 8.50. The molecular formula is C17H29N7O2. The van der Waals surface area contributed by atoms with Crippen LogP contribution in [0.3, 0.4) is 0 Å². The van der Waals surface area contributed by atoms with Crippen LogP contribution in [-0.4, -0.2) is 97.0 Å². The lowest BCUT2D eigenvalue weighted by Crippen LogP contribution is -2.56. The van der Waals surface area contributed by atoms with E-state index < -0.39 is 0 Å². The van der Waals surface area contributed by atoms with E-state index in [2.05, 4.69) is 27.2 Å². The number of carbonyl (C=O) groups excluding carboxylic acids is 1. The zero-order valence-electron chi connectivity index (χ0n) is 15.9. The van der Waals surface area contributed by atoms with Crippen molar-refractivity contribution in [2.24, 2.45) is 12.0 Å². The van der Waals surface area contributed by atoms with Gasteiger partial charge in [-0.1, -0.05) is 0 Å². The maximum absolute atomic E-state index is 12.5.